The normalized spacial score (nSPS) is 10.8. The summed E-state index contributed by atoms with van der Waals surface area (Å²) in [7, 11) is 0. The van der Waals surface area contributed by atoms with E-state index in [1.54, 1.807) is 12.1 Å². The highest BCUT2D eigenvalue weighted by Gasteiger charge is 2.07. The van der Waals surface area contributed by atoms with Gasteiger partial charge in [0, 0.05) is 23.2 Å². The van der Waals surface area contributed by atoms with Gasteiger partial charge in [0.25, 0.3) is 0 Å². The molecule has 96 valence electrons. The highest BCUT2D eigenvalue weighted by molar-refractivity contribution is 6.35. The number of para-hydroxylation sites is 1. The van der Waals surface area contributed by atoms with Gasteiger partial charge in [0.05, 0.1) is 10.5 Å². The van der Waals surface area contributed by atoms with Gasteiger partial charge in [-0.1, -0.05) is 29.8 Å². The first kappa shape index (κ1) is 12.1. The zero-order valence-electron chi connectivity index (χ0n) is 9.99. The van der Waals surface area contributed by atoms with Crippen molar-refractivity contribution in [2.24, 2.45) is 0 Å². The minimum absolute atomic E-state index is 0.306. The summed E-state index contributed by atoms with van der Waals surface area (Å²) in [4.78, 5) is 3.12. The van der Waals surface area contributed by atoms with E-state index in [1.807, 2.05) is 24.4 Å². The van der Waals surface area contributed by atoms with Crippen LogP contribution in [0.15, 0.2) is 48.7 Å². The largest absolute Gasteiger partial charge is 0.489 e. The smallest absolute Gasteiger partial charge is 0.126 e. The van der Waals surface area contributed by atoms with E-state index < -0.39 is 0 Å². The first-order valence-corrected chi connectivity index (χ1v) is 6.25. The van der Waals surface area contributed by atoms with Crippen LogP contribution in [0.3, 0.4) is 0 Å². The van der Waals surface area contributed by atoms with E-state index in [0.717, 1.165) is 16.5 Å². The van der Waals surface area contributed by atoms with Crippen LogP contribution in [0.4, 0.5) is 4.39 Å². The zero-order valence-corrected chi connectivity index (χ0v) is 10.7. The maximum Gasteiger partial charge on any atom is 0.126 e. The lowest BCUT2D eigenvalue weighted by Crippen LogP contribution is -1.94. The maximum atomic E-state index is 13.0. The van der Waals surface area contributed by atoms with Crippen molar-refractivity contribution in [2.75, 3.05) is 0 Å². The van der Waals surface area contributed by atoms with E-state index >= 15 is 0 Å². The van der Waals surface area contributed by atoms with Gasteiger partial charge in [-0.05, 0) is 18.2 Å². The summed E-state index contributed by atoms with van der Waals surface area (Å²) in [5.74, 6) is 0.204. The fraction of sp³-hybridized carbons (Fsp3) is 0.0667. The molecule has 0 atom stereocenters. The highest BCUT2D eigenvalue weighted by Crippen LogP contribution is 2.26. The molecule has 1 N–H and O–H groups in total. The predicted molar refractivity (Wildman–Crippen MR) is 74.0 cm³/mol. The summed E-state index contributed by atoms with van der Waals surface area (Å²) in [5.41, 5.74) is 1.88. The molecule has 0 bridgehead atoms. The standard InChI is InChI=1S/C15H11ClFNO/c16-14-6-2-5-13-10(8-18-15(13)14)9-19-12-4-1-3-11(17)7-12/h1-8,18H,9H2. The molecule has 0 amide bonds. The molecule has 0 fully saturated rings. The van der Waals surface area contributed by atoms with Gasteiger partial charge in [-0.15, -0.1) is 0 Å². The molecule has 1 heterocycles. The van der Waals surface area contributed by atoms with E-state index in [1.165, 1.54) is 12.1 Å². The number of hydrogen-bond donors (Lipinski definition) is 1. The summed E-state index contributed by atoms with van der Waals surface area (Å²) < 4.78 is 18.6. The molecule has 0 unspecified atom stereocenters. The van der Waals surface area contributed by atoms with Gasteiger partial charge in [0.1, 0.15) is 18.2 Å². The van der Waals surface area contributed by atoms with Crippen LogP contribution >= 0.6 is 11.6 Å². The lowest BCUT2D eigenvalue weighted by atomic mass is 10.2. The van der Waals surface area contributed by atoms with Crippen LogP contribution in [0.25, 0.3) is 10.9 Å². The van der Waals surface area contributed by atoms with Gasteiger partial charge >= 0.3 is 0 Å². The van der Waals surface area contributed by atoms with Crippen molar-refractivity contribution in [1.29, 1.82) is 0 Å². The molecule has 3 rings (SSSR count). The molecule has 4 heteroatoms. The number of aromatic nitrogens is 1. The van der Waals surface area contributed by atoms with E-state index in [-0.39, 0.29) is 5.82 Å². The van der Waals surface area contributed by atoms with Gasteiger partial charge in [0.15, 0.2) is 0 Å². The molecule has 0 aliphatic heterocycles. The van der Waals surface area contributed by atoms with E-state index in [9.17, 15) is 4.39 Å². The van der Waals surface area contributed by atoms with Gasteiger partial charge in [-0.25, -0.2) is 4.39 Å². The zero-order chi connectivity index (χ0) is 13.2. The third-order valence-corrected chi connectivity index (χ3v) is 3.26. The molecule has 0 aliphatic rings. The molecule has 0 aliphatic carbocycles. The second-order valence-corrected chi connectivity index (χ2v) is 4.63. The minimum atomic E-state index is -0.306. The average Bonchev–Trinajstić information content (AvgIpc) is 2.81. The van der Waals surface area contributed by atoms with Crippen molar-refractivity contribution in [2.45, 2.75) is 6.61 Å². The van der Waals surface area contributed by atoms with E-state index in [0.29, 0.717) is 17.4 Å². The Kier molecular flexibility index (Phi) is 3.13. The molecule has 0 radical (unpaired) electrons. The monoisotopic (exact) mass is 275 g/mol. The van der Waals surface area contributed by atoms with Gasteiger partial charge in [0.2, 0.25) is 0 Å². The number of ether oxygens (including phenoxy) is 1. The second-order valence-electron chi connectivity index (χ2n) is 4.22. The van der Waals surface area contributed by atoms with Gasteiger partial charge in [-0.2, -0.15) is 0 Å². The molecule has 2 aromatic carbocycles. The Morgan fingerprint density at radius 3 is 2.84 bits per heavy atom. The van der Waals surface area contributed by atoms with Crippen LogP contribution in [-0.4, -0.2) is 4.98 Å². The van der Waals surface area contributed by atoms with Crippen molar-refractivity contribution < 1.29 is 9.13 Å². The minimum Gasteiger partial charge on any atom is -0.489 e. The number of nitrogens with one attached hydrogen (secondary N) is 1. The summed E-state index contributed by atoms with van der Waals surface area (Å²) in [6, 6.07) is 11.8. The maximum absolute atomic E-state index is 13.0. The first-order chi connectivity index (χ1) is 9.24. The fourth-order valence-corrected chi connectivity index (χ4v) is 2.24. The predicted octanol–water partition coefficient (Wildman–Crippen LogP) is 4.54. The molecule has 3 aromatic rings. The first-order valence-electron chi connectivity index (χ1n) is 5.87. The lowest BCUT2D eigenvalue weighted by molar-refractivity contribution is 0.306. The number of aromatic amines is 1. The Bertz CT molecular complexity index is 723. The third kappa shape index (κ3) is 2.42. The molecule has 0 saturated heterocycles. The van der Waals surface area contributed by atoms with Crippen LogP contribution in [0.1, 0.15) is 5.56 Å². The Hall–Kier alpha value is -2.00. The summed E-state index contributed by atoms with van der Waals surface area (Å²) in [6.07, 6.45) is 1.86. The Morgan fingerprint density at radius 1 is 1.16 bits per heavy atom. The summed E-state index contributed by atoms with van der Waals surface area (Å²) >= 11 is 6.09. The molecular weight excluding hydrogens is 265 g/mol. The van der Waals surface area contributed by atoms with Crippen LogP contribution in [-0.2, 0) is 6.61 Å². The Morgan fingerprint density at radius 2 is 2.00 bits per heavy atom. The molecular formula is C15H11ClFNO. The molecule has 2 nitrogen and oxygen atoms in total. The van der Waals surface area contributed by atoms with E-state index in [4.69, 9.17) is 16.3 Å². The SMILES string of the molecule is Fc1cccc(OCc2c[nH]c3c(Cl)cccc23)c1. The van der Waals surface area contributed by atoms with Crippen molar-refractivity contribution in [3.8, 4) is 5.75 Å². The van der Waals surface area contributed by atoms with Crippen LogP contribution in [0.2, 0.25) is 5.02 Å². The summed E-state index contributed by atoms with van der Waals surface area (Å²) in [6.45, 7) is 0.365. The quantitative estimate of drug-likeness (QED) is 0.746. The number of rotatable bonds is 3. The highest BCUT2D eigenvalue weighted by atomic mass is 35.5. The third-order valence-electron chi connectivity index (χ3n) is 2.94. The molecule has 0 saturated carbocycles. The number of fused-ring (bicyclic) bond motifs is 1. The van der Waals surface area contributed by atoms with Gasteiger partial charge in [-0.3, -0.25) is 0 Å². The topological polar surface area (TPSA) is 25.0 Å². The van der Waals surface area contributed by atoms with Gasteiger partial charge < -0.3 is 9.72 Å². The molecule has 19 heavy (non-hydrogen) atoms. The van der Waals surface area contributed by atoms with Crippen molar-refractivity contribution in [3.63, 3.8) is 0 Å². The average molecular weight is 276 g/mol. The number of H-pyrrole nitrogens is 1. The van der Waals surface area contributed by atoms with Crippen molar-refractivity contribution in [3.05, 3.63) is 65.1 Å². The second kappa shape index (κ2) is 4.94. The van der Waals surface area contributed by atoms with E-state index in [2.05, 4.69) is 4.98 Å². The van der Waals surface area contributed by atoms with Crippen LogP contribution in [0, 0.1) is 5.82 Å². The Labute approximate surface area is 114 Å². The van der Waals surface area contributed by atoms with Crippen molar-refractivity contribution in [1.82, 2.24) is 4.98 Å². The molecule has 1 aromatic heterocycles. The lowest BCUT2D eigenvalue weighted by Gasteiger charge is -2.05. The van der Waals surface area contributed by atoms with Crippen molar-refractivity contribution >= 4 is 22.5 Å². The fourth-order valence-electron chi connectivity index (χ4n) is 2.01. The number of halogens is 2. The number of hydrogen-bond acceptors (Lipinski definition) is 1. The number of benzene rings is 2. The van der Waals surface area contributed by atoms with Crippen LogP contribution < -0.4 is 4.74 Å². The Balaban J connectivity index is 1.84. The molecule has 0 spiro atoms. The van der Waals surface area contributed by atoms with Crippen LogP contribution in [0.5, 0.6) is 5.75 Å². The summed E-state index contributed by atoms with van der Waals surface area (Å²) in [5, 5.41) is 1.69.